The van der Waals surface area contributed by atoms with Gasteiger partial charge in [-0.1, -0.05) is 17.7 Å². The average molecular weight is 410 g/mol. The molecule has 0 bridgehead atoms. The first-order valence-electron chi connectivity index (χ1n) is 8.34. The summed E-state index contributed by atoms with van der Waals surface area (Å²) in [6.07, 6.45) is -2.61. The van der Waals surface area contributed by atoms with Crippen LogP contribution < -0.4 is 5.73 Å². The molecule has 1 aliphatic heterocycles. The van der Waals surface area contributed by atoms with E-state index in [-0.39, 0.29) is 16.4 Å². The minimum atomic E-state index is -1.78. The molecule has 0 radical (unpaired) electrons. The summed E-state index contributed by atoms with van der Waals surface area (Å²) >= 11 is 5.80. The van der Waals surface area contributed by atoms with Gasteiger partial charge in [0.2, 0.25) is 0 Å². The predicted octanol–water partition coefficient (Wildman–Crippen LogP) is 0.728. The van der Waals surface area contributed by atoms with Gasteiger partial charge in [-0.15, -0.1) is 0 Å². The maximum atomic E-state index is 13.5. The van der Waals surface area contributed by atoms with E-state index in [4.69, 9.17) is 22.1 Å². The molecule has 0 saturated carbocycles. The number of aliphatic hydroxyl groups excluding tert-OH is 2. The van der Waals surface area contributed by atoms with Crippen molar-refractivity contribution < 1.29 is 24.4 Å². The molecule has 5 N–H and O–H groups in total. The van der Waals surface area contributed by atoms with Crippen molar-refractivity contribution >= 4 is 28.6 Å². The standard InChI is InChI=1S/C17H17ClFN5O4/c1-17(27,7-2-3-9(19)8(18)4-7)13-11(25)12(26)16(28-13)24-6-23-10-14(20)21-5-22-15(10)24/h2-6,11-13,16,25-27H,1H3,(H2,20,21,22)/t11-,12+,13-,16+,17?/m0/s1. The summed E-state index contributed by atoms with van der Waals surface area (Å²) in [6, 6.07) is 3.68. The number of nitrogen functional groups attached to an aromatic ring is 1. The van der Waals surface area contributed by atoms with E-state index in [0.29, 0.717) is 11.2 Å². The molecule has 0 spiro atoms. The molecule has 3 heterocycles. The summed E-state index contributed by atoms with van der Waals surface area (Å²) in [4.78, 5) is 12.0. The zero-order valence-corrected chi connectivity index (χ0v) is 15.3. The fourth-order valence-electron chi connectivity index (χ4n) is 3.39. The number of benzene rings is 1. The second-order valence-corrected chi connectivity index (χ2v) is 7.20. The van der Waals surface area contributed by atoms with Gasteiger partial charge >= 0.3 is 0 Å². The summed E-state index contributed by atoms with van der Waals surface area (Å²) in [7, 11) is 0. The van der Waals surface area contributed by atoms with Gasteiger partial charge in [-0.3, -0.25) is 4.57 Å². The minimum Gasteiger partial charge on any atom is -0.387 e. The third-order valence-electron chi connectivity index (χ3n) is 4.96. The zero-order chi connectivity index (χ0) is 20.2. The molecule has 1 aliphatic rings. The summed E-state index contributed by atoms with van der Waals surface area (Å²) in [5.41, 5.74) is 4.82. The van der Waals surface area contributed by atoms with Crippen molar-refractivity contribution in [2.45, 2.75) is 37.1 Å². The van der Waals surface area contributed by atoms with Gasteiger partial charge in [-0.05, 0) is 24.6 Å². The van der Waals surface area contributed by atoms with E-state index in [2.05, 4.69) is 15.0 Å². The molecule has 5 atom stereocenters. The Hall–Kier alpha value is -2.37. The molecular formula is C17H17ClFN5O4. The molecule has 3 aromatic rings. The lowest BCUT2D eigenvalue weighted by Gasteiger charge is -2.32. The quantitative estimate of drug-likeness (QED) is 0.496. The Bertz CT molecular complexity index is 1050. The van der Waals surface area contributed by atoms with Crippen LogP contribution in [-0.4, -0.2) is 53.2 Å². The number of rotatable bonds is 3. The number of nitrogens with two attached hydrogens (primary N) is 1. The van der Waals surface area contributed by atoms with Crippen molar-refractivity contribution in [1.29, 1.82) is 0 Å². The Balaban J connectivity index is 1.71. The van der Waals surface area contributed by atoms with Crippen LogP contribution >= 0.6 is 11.6 Å². The lowest BCUT2D eigenvalue weighted by Crippen LogP contribution is -2.45. The number of halogens is 2. The lowest BCUT2D eigenvalue weighted by atomic mass is 9.87. The Kier molecular flexibility index (Phi) is 4.47. The molecule has 9 nitrogen and oxygen atoms in total. The van der Waals surface area contributed by atoms with E-state index in [0.717, 1.165) is 6.07 Å². The molecule has 28 heavy (non-hydrogen) atoms. The van der Waals surface area contributed by atoms with Gasteiger partial charge in [0.1, 0.15) is 41.6 Å². The fourth-order valence-corrected chi connectivity index (χ4v) is 3.57. The first-order valence-corrected chi connectivity index (χ1v) is 8.72. The maximum absolute atomic E-state index is 13.5. The van der Waals surface area contributed by atoms with Gasteiger partial charge in [0.25, 0.3) is 0 Å². The van der Waals surface area contributed by atoms with Crippen molar-refractivity contribution in [1.82, 2.24) is 19.5 Å². The number of anilines is 1. The third-order valence-corrected chi connectivity index (χ3v) is 5.25. The van der Waals surface area contributed by atoms with Crippen LogP contribution in [0.5, 0.6) is 0 Å². The van der Waals surface area contributed by atoms with E-state index >= 15 is 0 Å². The van der Waals surface area contributed by atoms with Crippen LogP contribution in [0.2, 0.25) is 5.02 Å². The molecule has 1 saturated heterocycles. The van der Waals surface area contributed by atoms with Crippen molar-refractivity contribution in [3.8, 4) is 0 Å². The Morgan fingerprint density at radius 3 is 2.71 bits per heavy atom. The highest BCUT2D eigenvalue weighted by atomic mass is 35.5. The van der Waals surface area contributed by atoms with Gasteiger partial charge in [-0.2, -0.15) is 0 Å². The second-order valence-electron chi connectivity index (χ2n) is 6.79. The van der Waals surface area contributed by atoms with Crippen molar-refractivity contribution in [2.24, 2.45) is 0 Å². The molecule has 148 valence electrons. The van der Waals surface area contributed by atoms with Crippen LogP contribution in [0.1, 0.15) is 18.7 Å². The van der Waals surface area contributed by atoms with Crippen LogP contribution in [0.15, 0.2) is 30.9 Å². The average Bonchev–Trinajstić information content (AvgIpc) is 3.20. The largest absolute Gasteiger partial charge is 0.387 e. The Morgan fingerprint density at radius 1 is 1.25 bits per heavy atom. The number of hydrogen-bond acceptors (Lipinski definition) is 8. The summed E-state index contributed by atoms with van der Waals surface area (Å²) < 4.78 is 20.7. The monoisotopic (exact) mass is 409 g/mol. The SMILES string of the molecule is CC(O)(c1ccc(F)c(Cl)c1)[C@H]1O[C@@H](n2cnc3c(N)ncnc32)[C@H](O)[C@@H]1O. The number of hydrogen-bond donors (Lipinski definition) is 4. The summed E-state index contributed by atoms with van der Waals surface area (Å²) in [6.45, 7) is 1.38. The number of fused-ring (bicyclic) bond motifs is 1. The molecule has 11 heteroatoms. The maximum Gasteiger partial charge on any atom is 0.167 e. The first-order chi connectivity index (χ1) is 13.2. The van der Waals surface area contributed by atoms with Crippen LogP contribution in [0.4, 0.5) is 10.2 Å². The third kappa shape index (κ3) is 2.81. The minimum absolute atomic E-state index is 0.154. The molecule has 2 aromatic heterocycles. The molecule has 4 rings (SSSR count). The molecule has 0 amide bonds. The van der Waals surface area contributed by atoms with Gasteiger partial charge in [-0.25, -0.2) is 19.3 Å². The predicted molar refractivity (Wildman–Crippen MR) is 96.6 cm³/mol. The Labute approximate surface area is 163 Å². The molecular weight excluding hydrogens is 393 g/mol. The zero-order valence-electron chi connectivity index (χ0n) is 14.6. The number of nitrogens with zero attached hydrogens (tertiary/aromatic N) is 4. The van der Waals surface area contributed by atoms with Crippen LogP contribution in [-0.2, 0) is 10.3 Å². The van der Waals surface area contributed by atoms with E-state index in [9.17, 15) is 19.7 Å². The van der Waals surface area contributed by atoms with Crippen molar-refractivity contribution in [2.75, 3.05) is 5.73 Å². The molecule has 1 aromatic carbocycles. The summed E-state index contributed by atoms with van der Waals surface area (Å²) in [5.74, 6) is -0.490. The smallest absolute Gasteiger partial charge is 0.167 e. The van der Waals surface area contributed by atoms with Crippen LogP contribution in [0.25, 0.3) is 11.2 Å². The van der Waals surface area contributed by atoms with E-state index < -0.39 is 36.0 Å². The number of ether oxygens (including phenoxy) is 1. The fraction of sp³-hybridized carbons (Fsp3) is 0.353. The van der Waals surface area contributed by atoms with Crippen LogP contribution in [0, 0.1) is 5.82 Å². The van der Waals surface area contributed by atoms with Gasteiger partial charge in [0.05, 0.1) is 11.3 Å². The van der Waals surface area contributed by atoms with E-state index in [1.165, 1.54) is 36.3 Å². The summed E-state index contributed by atoms with van der Waals surface area (Å²) in [5, 5.41) is 31.9. The Morgan fingerprint density at radius 2 is 2.00 bits per heavy atom. The van der Waals surface area contributed by atoms with Crippen molar-refractivity contribution in [3.05, 3.63) is 47.3 Å². The topological polar surface area (TPSA) is 140 Å². The number of imidazole rings is 1. The number of aromatic nitrogens is 4. The highest BCUT2D eigenvalue weighted by Crippen LogP contribution is 2.41. The molecule has 0 aliphatic carbocycles. The second kappa shape index (κ2) is 6.61. The lowest BCUT2D eigenvalue weighted by molar-refractivity contribution is -0.136. The highest BCUT2D eigenvalue weighted by molar-refractivity contribution is 6.30. The van der Waals surface area contributed by atoms with Crippen LogP contribution in [0.3, 0.4) is 0 Å². The van der Waals surface area contributed by atoms with Crippen molar-refractivity contribution in [3.63, 3.8) is 0 Å². The van der Waals surface area contributed by atoms with E-state index in [1.807, 2.05) is 0 Å². The van der Waals surface area contributed by atoms with Gasteiger partial charge in [0.15, 0.2) is 17.7 Å². The molecule has 1 fully saturated rings. The first kappa shape index (κ1) is 19.0. The van der Waals surface area contributed by atoms with Gasteiger partial charge in [0, 0.05) is 0 Å². The van der Waals surface area contributed by atoms with E-state index in [1.54, 1.807) is 0 Å². The molecule has 1 unspecified atom stereocenters. The van der Waals surface area contributed by atoms with Gasteiger partial charge < -0.3 is 25.8 Å². The normalized spacial score (nSPS) is 27.2. The number of aliphatic hydroxyl groups is 3. The highest BCUT2D eigenvalue weighted by Gasteiger charge is 2.52.